The number of carbonyl (C=O) groups is 2. The molecule has 0 bridgehead atoms. The predicted octanol–water partition coefficient (Wildman–Crippen LogP) is 1.84. The van der Waals surface area contributed by atoms with E-state index in [2.05, 4.69) is 6.07 Å². The fourth-order valence-electron chi connectivity index (χ4n) is 2.94. The zero-order valence-corrected chi connectivity index (χ0v) is 14.2. The lowest BCUT2D eigenvalue weighted by Gasteiger charge is -2.35. The molecule has 0 radical (unpaired) electrons. The van der Waals surface area contributed by atoms with Gasteiger partial charge in [0.05, 0.1) is 10.9 Å². The molecule has 1 aliphatic heterocycles. The minimum Gasteiger partial charge on any atom is -0.338 e. The van der Waals surface area contributed by atoms with Crippen molar-refractivity contribution in [1.29, 1.82) is 0 Å². The van der Waals surface area contributed by atoms with Crippen molar-refractivity contribution in [3.05, 3.63) is 34.7 Å². The summed E-state index contributed by atoms with van der Waals surface area (Å²) in [6.07, 6.45) is 0. The van der Waals surface area contributed by atoms with Gasteiger partial charge in [0.1, 0.15) is 0 Å². The summed E-state index contributed by atoms with van der Waals surface area (Å²) in [5.41, 5.74) is 6.69. The molecule has 1 aliphatic rings. The third-order valence-corrected chi connectivity index (χ3v) is 5.57. The Balaban J connectivity index is 1.74. The molecule has 1 atom stereocenters. The highest BCUT2D eigenvalue weighted by molar-refractivity contribution is 7.21. The monoisotopic (exact) mass is 331 g/mol. The van der Waals surface area contributed by atoms with Crippen molar-refractivity contribution in [1.82, 2.24) is 9.80 Å². The van der Waals surface area contributed by atoms with Gasteiger partial charge in [0.15, 0.2) is 0 Å². The number of carbonyl (C=O) groups excluding carboxylic acids is 2. The first-order valence-electron chi connectivity index (χ1n) is 7.81. The molecule has 0 saturated carbocycles. The molecule has 2 N–H and O–H groups in total. The lowest BCUT2D eigenvalue weighted by molar-refractivity contribution is -0.133. The molecule has 2 amide bonds. The Kier molecular flexibility index (Phi) is 4.37. The number of hydrogen-bond acceptors (Lipinski definition) is 4. The van der Waals surface area contributed by atoms with Crippen molar-refractivity contribution >= 4 is 33.2 Å². The Labute approximate surface area is 139 Å². The van der Waals surface area contributed by atoms with Gasteiger partial charge in [-0.25, -0.2) is 0 Å². The van der Waals surface area contributed by atoms with Gasteiger partial charge in [0, 0.05) is 30.9 Å². The maximum Gasteiger partial charge on any atom is 0.264 e. The number of hydrogen-bond donors (Lipinski definition) is 1. The zero-order valence-electron chi connectivity index (χ0n) is 13.4. The van der Waals surface area contributed by atoms with Crippen LogP contribution < -0.4 is 5.73 Å². The Bertz CT molecular complexity index is 745. The van der Waals surface area contributed by atoms with E-state index in [1.54, 1.807) is 23.2 Å². The van der Waals surface area contributed by atoms with Crippen LogP contribution in [0.2, 0.25) is 0 Å². The van der Waals surface area contributed by atoms with Gasteiger partial charge in [0.2, 0.25) is 5.91 Å². The van der Waals surface area contributed by atoms with Crippen molar-refractivity contribution in [2.45, 2.75) is 19.9 Å². The summed E-state index contributed by atoms with van der Waals surface area (Å²) in [5.74, 6) is 0.0201. The van der Waals surface area contributed by atoms with Crippen LogP contribution >= 0.6 is 11.3 Å². The highest BCUT2D eigenvalue weighted by atomic mass is 32.1. The maximum absolute atomic E-state index is 12.8. The quantitative estimate of drug-likeness (QED) is 0.913. The smallest absolute Gasteiger partial charge is 0.264 e. The van der Waals surface area contributed by atoms with Crippen LogP contribution in [0.4, 0.5) is 0 Å². The van der Waals surface area contributed by atoms with Gasteiger partial charge in [-0.1, -0.05) is 18.2 Å². The predicted molar refractivity (Wildman–Crippen MR) is 92.7 cm³/mol. The summed E-state index contributed by atoms with van der Waals surface area (Å²) >= 11 is 1.55. The molecule has 0 spiro atoms. The SMILES string of the molecule is Cc1c(C(=O)N2CCN(C(=O)[C@@H](C)N)CC2)sc2ccccc12. The number of amides is 2. The lowest BCUT2D eigenvalue weighted by atomic mass is 10.1. The van der Waals surface area contributed by atoms with Crippen LogP contribution in [0.15, 0.2) is 24.3 Å². The molecule has 1 aromatic carbocycles. The van der Waals surface area contributed by atoms with E-state index in [1.165, 1.54) is 0 Å². The van der Waals surface area contributed by atoms with Gasteiger partial charge in [-0.05, 0) is 30.9 Å². The first-order valence-corrected chi connectivity index (χ1v) is 8.62. The maximum atomic E-state index is 12.8. The second-order valence-corrected chi connectivity index (χ2v) is 7.01. The summed E-state index contributed by atoms with van der Waals surface area (Å²) in [6.45, 7) is 5.92. The molecule has 23 heavy (non-hydrogen) atoms. The van der Waals surface area contributed by atoms with E-state index >= 15 is 0 Å². The van der Waals surface area contributed by atoms with Crippen LogP contribution in [0.5, 0.6) is 0 Å². The van der Waals surface area contributed by atoms with Crippen molar-refractivity contribution in [3.63, 3.8) is 0 Å². The molecule has 1 aromatic heterocycles. The Morgan fingerprint density at radius 3 is 2.35 bits per heavy atom. The van der Waals surface area contributed by atoms with E-state index in [9.17, 15) is 9.59 Å². The number of rotatable bonds is 2. The average Bonchev–Trinajstić information content (AvgIpc) is 2.91. The van der Waals surface area contributed by atoms with Gasteiger partial charge in [0.25, 0.3) is 5.91 Å². The highest BCUT2D eigenvalue weighted by Gasteiger charge is 2.27. The van der Waals surface area contributed by atoms with Gasteiger partial charge in [-0.2, -0.15) is 0 Å². The van der Waals surface area contributed by atoms with Crippen LogP contribution in [0.3, 0.4) is 0 Å². The number of nitrogens with two attached hydrogens (primary N) is 1. The topological polar surface area (TPSA) is 66.6 Å². The van der Waals surface area contributed by atoms with Crippen LogP contribution in [0.25, 0.3) is 10.1 Å². The fourth-order valence-corrected chi connectivity index (χ4v) is 4.12. The first kappa shape index (κ1) is 16.0. The number of nitrogens with zero attached hydrogens (tertiary/aromatic N) is 2. The summed E-state index contributed by atoms with van der Waals surface area (Å²) in [4.78, 5) is 29.1. The summed E-state index contributed by atoms with van der Waals surface area (Å²) in [6, 6.07) is 7.60. The molecule has 6 heteroatoms. The van der Waals surface area contributed by atoms with E-state index in [4.69, 9.17) is 5.73 Å². The second kappa shape index (κ2) is 6.29. The number of fused-ring (bicyclic) bond motifs is 1. The van der Waals surface area contributed by atoms with Crippen LogP contribution in [-0.4, -0.2) is 53.8 Å². The number of benzene rings is 1. The van der Waals surface area contributed by atoms with Crippen molar-refractivity contribution in [2.24, 2.45) is 5.73 Å². The normalized spacial score (nSPS) is 16.7. The lowest BCUT2D eigenvalue weighted by Crippen LogP contribution is -2.53. The molecular formula is C17H21N3O2S. The molecule has 5 nitrogen and oxygen atoms in total. The fraction of sp³-hybridized carbons (Fsp3) is 0.412. The summed E-state index contributed by atoms with van der Waals surface area (Å²) < 4.78 is 1.14. The van der Waals surface area contributed by atoms with Crippen molar-refractivity contribution < 1.29 is 9.59 Å². The molecule has 3 rings (SSSR count). The molecular weight excluding hydrogens is 310 g/mol. The third-order valence-electron chi connectivity index (χ3n) is 4.31. The molecule has 0 aliphatic carbocycles. The molecule has 0 unspecified atom stereocenters. The van der Waals surface area contributed by atoms with E-state index in [-0.39, 0.29) is 11.8 Å². The van der Waals surface area contributed by atoms with E-state index in [0.29, 0.717) is 26.2 Å². The minimum atomic E-state index is -0.484. The highest BCUT2D eigenvalue weighted by Crippen LogP contribution is 2.31. The largest absolute Gasteiger partial charge is 0.338 e. The van der Waals surface area contributed by atoms with E-state index in [0.717, 1.165) is 20.5 Å². The number of thiophene rings is 1. The van der Waals surface area contributed by atoms with E-state index < -0.39 is 6.04 Å². The zero-order chi connectivity index (χ0) is 16.6. The number of piperazine rings is 1. The Hall–Kier alpha value is -1.92. The molecule has 2 heterocycles. The first-order chi connectivity index (χ1) is 11.0. The molecule has 2 aromatic rings. The second-order valence-electron chi connectivity index (χ2n) is 5.96. The average molecular weight is 331 g/mol. The summed E-state index contributed by atoms with van der Waals surface area (Å²) in [7, 11) is 0. The molecule has 1 fully saturated rings. The minimum absolute atomic E-state index is 0.0462. The third kappa shape index (κ3) is 2.96. The molecule has 122 valence electrons. The van der Waals surface area contributed by atoms with Crippen LogP contribution in [0, 0.1) is 6.92 Å². The van der Waals surface area contributed by atoms with Crippen LogP contribution in [0.1, 0.15) is 22.2 Å². The van der Waals surface area contributed by atoms with Gasteiger partial charge in [-0.3, -0.25) is 9.59 Å². The van der Waals surface area contributed by atoms with Gasteiger partial charge >= 0.3 is 0 Å². The van der Waals surface area contributed by atoms with Crippen molar-refractivity contribution in [3.8, 4) is 0 Å². The van der Waals surface area contributed by atoms with Crippen LogP contribution in [-0.2, 0) is 4.79 Å². The van der Waals surface area contributed by atoms with E-state index in [1.807, 2.05) is 30.0 Å². The Morgan fingerprint density at radius 1 is 1.13 bits per heavy atom. The van der Waals surface area contributed by atoms with Crippen molar-refractivity contribution in [2.75, 3.05) is 26.2 Å². The summed E-state index contributed by atoms with van der Waals surface area (Å²) in [5, 5.41) is 1.15. The Morgan fingerprint density at radius 2 is 1.74 bits per heavy atom. The molecule has 1 saturated heterocycles. The van der Waals surface area contributed by atoms with Gasteiger partial charge < -0.3 is 15.5 Å². The number of aryl methyl sites for hydroxylation is 1. The standard InChI is InChI=1S/C17H21N3O2S/c1-11-13-5-3-4-6-14(13)23-15(11)17(22)20-9-7-19(8-10-20)16(21)12(2)18/h3-6,12H,7-10,18H2,1-2H3/t12-/m1/s1. The van der Waals surface area contributed by atoms with Gasteiger partial charge in [-0.15, -0.1) is 11.3 Å².